The zero-order valence-electron chi connectivity index (χ0n) is 18.3. The number of benzene rings is 2. The highest BCUT2D eigenvalue weighted by Gasteiger charge is 2.37. The Labute approximate surface area is 182 Å². The van der Waals surface area contributed by atoms with Crippen LogP contribution in [0.3, 0.4) is 0 Å². The molecule has 31 heavy (non-hydrogen) atoms. The summed E-state index contributed by atoms with van der Waals surface area (Å²) < 4.78 is 5.46. The third kappa shape index (κ3) is 4.60. The molecule has 0 unspecified atom stereocenters. The molecule has 0 atom stereocenters. The number of ether oxygens (including phenoxy) is 1. The molecule has 1 saturated heterocycles. The predicted molar refractivity (Wildman–Crippen MR) is 121 cm³/mol. The summed E-state index contributed by atoms with van der Waals surface area (Å²) in [4.78, 5) is 41.2. The molecule has 0 spiro atoms. The number of aryl methyl sites for hydroxylation is 1. The molecule has 2 aromatic rings. The van der Waals surface area contributed by atoms with Gasteiger partial charge in [-0.1, -0.05) is 12.1 Å². The number of nitrogens with one attached hydrogen (secondary N) is 1. The minimum absolute atomic E-state index is 0.0971. The molecule has 4 amide bonds. The first-order chi connectivity index (χ1) is 14.9. The van der Waals surface area contributed by atoms with E-state index in [4.69, 9.17) is 4.74 Å². The molecule has 0 aliphatic carbocycles. The van der Waals surface area contributed by atoms with Crippen molar-refractivity contribution in [2.75, 3.05) is 29.5 Å². The minimum Gasteiger partial charge on any atom is -0.494 e. The molecule has 1 heterocycles. The van der Waals surface area contributed by atoms with Gasteiger partial charge in [-0.2, -0.15) is 0 Å². The molecule has 0 radical (unpaired) electrons. The van der Waals surface area contributed by atoms with Gasteiger partial charge in [-0.05, 0) is 69.2 Å². The third-order valence-corrected chi connectivity index (χ3v) is 5.17. The van der Waals surface area contributed by atoms with Crippen LogP contribution in [0.1, 0.15) is 31.9 Å². The monoisotopic (exact) mass is 421 g/mol. The molecule has 1 N–H and O–H groups in total. The maximum Gasteiger partial charge on any atom is 0.335 e. The van der Waals surface area contributed by atoms with Gasteiger partial charge in [0.15, 0.2) is 0 Å². The third-order valence-electron chi connectivity index (χ3n) is 5.17. The molecule has 2 aromatic carbocycles. The maximum absolute atomic E-state index is 13.1. The van der Waals surface area contributed by atoms with Crippen LogP contribution in [-0.2, 0) is 9.59 Å². The van der Waals surface area contributed by atoms with E-state index in [-0.39, 0.29) is 5.57 Å². The Hall–Kier alpha value is -3.61. The topological polar surface area (TPSA) is 79.0 Å². The van der Waals surface area contributed by atoms with E-state index in [9.17, 15) is 14.4 Å². The second-order valence-electron chi connectivity index (χ2n) is 7.10. The van der Waals surface area contributed by atoms with Crippen LogP contribution in [-0.4, -0.2) is 37.5 Å². The summed E-state index contributed by atoms with van der Waals surface area (Å²) in [5.74, 6) is -0.847. The van der Waals surface area contributed by atoms with Crippen LogP contribution in [0.2, 0.25) is 0 Å². The lowest BCUT2D eigenvalue weighted by Gasteiger charge is -2.27. The fourth-order valence-corrected chi connectivity index (χ4v) is 3.53. The number of urea groups is 1. The van der Waals surface area contributed by atoms with Crippen molar-refractivity contribution in [1.29, 1.82) is 0 Å². The zero-order chi connectivity index (χ0) is 22.5. The zero-order valence-corrected chi connectivity index (χ0v) is 18.3. The summed E-state index contributed by atoms with van der Waals surface area (Å²) in [5, 5.41) is 2.26. The fourth-order valence-electron chi connectivity index (χ4n) is 3.53. The molecule has 1 fully saturated rings. The molecular formula is C24H27N3O4. The van der Waals surface area contributed by atoms with Crippen LogP contribution < -0.4 is 19.9 Å². The van der Waals surface area contributed by atoms with Gasteiger partial charge >= 0.3 is 6.03 Å². The number of hydrogen-bond donors (Lipinski definition) is 1. The number of barbiturate groups is 1. The smallest absolute Gasteiger partial charge is 0.335 e. The van der Waals surface area contributed by atoms with Gasteiger partial charge in [0, 0.05) is 24.8 Å². The molecular weight excluding hydrogens is 394 g/mol. The first-order valence-corrected chi connectivity index (χ1v) is 10.4. The van der Waals surface area contributed by atoms with Crippen molar-refractivity contribution in [3.8, 4) is 5.75 Å². The number of hydrogen-bond acceptors (Lipinski definition) is 5. The standard InChI is InChI=1S/C24H27N3O4/c1-5-26(6-2)18-12-11-17(16(4)13-18)14-21-22(28)25-24(30)27(23(21)29)19-9-8-10-20(15-19)31-7-3/h8-15H,5-7H2,1-4H3,(H,25,28,30)/b21-14+. The number of anilines is 2. The van der Waals surface area contributed by atoms with Crippen molar-refractivity contribution in [3.05, 3.63) is 59.2 Å². The molecule has 0 saturated carbocycles. The van der Waals surface area contributed by atoms with Crippen molar-refractivity contribution < 1.29 is 19.1 Å². The van der Waals surface area contributed by atoms with Crippen molar-refractivity contribution in [2.45, 2.75) is 27.7 Å². The number of nitrogens with zero attached hydrogens (tertiary/aromatic N) is 2. The van der Waals surface area contributed by atoms with Gasteiger partial charge in [0.1, 0.15) is 11.3 Å². The lowest BCUT2D eigenvalue weighted by atomic mass is 10.0. The predicted octanol–water partition coefficient (Wildman–Crippen LogP) is 3.91. The number of imide groups is 2. The lowest BCUT2D eigenvalue weighted by Crippen LogP contribution is -2.54. The second-order valence-corrected chi connectivity index (χ2v) is 7.10. The summed E-state index contributed by atoms with van der Waals surface area (Å²) in [5.41, 5.74) is 2.99. The molecule has 1 aliphatic heterocycles. The van der Waals surface area contributed by atoms with E-state index in [2.05, 4.69) is 24.1 Å². The average molecular weight is 421 g/mol. The maximum atomic E-state index is 13.1. The SMILES string of the molecule is CCOc1cccc(N2C(=O)NC(=O)/C(=C\c3ccc(N(CC)CC)cc3C)C2=O)c1. The van der Waals surface area contributed by atoms with E-state index < -0.39 is 17.8 Å². The summed E-state index contributed by atoms with van der Waals surface area (Å²) in [6, 6.07) is 11.7. The highest BCUT2D eigenvalue weighted by Crippen LogP contribution is 2.27. The van der Waals surface area contributed by atoms with E-state index in [1.165, 1.54) is 6.08 Å². The van der Waals surface area contributed by atoms with Crippen LogP contribution in [0, 0.1) is 6.92 Å². The molecule has 0 bridgehead atoms. The summed E-state index contributed by atoms with van der Waals surface area (Å²) in [7, 11) is 0. The van der Waals surface area contributed by atoms with E-state index in [0.717, 1.165) is 34.8 Å². The Morgan fingerprint density at radius 1 is 1.03 bits per heavy atom. The van der Waals surface area contributed by atoms with Crippen molar-refractivity contribution in [2.24, 2.45) is 0 Å². The van der Waals surface area contributed by atoms with Gasteiger partial charge in [-0.3, -0.25) is 14.9 Å². The molecule has 0 aromatic heterocycles. The normalized spacial score (nSPS) is 15.3. The summed E-state index contributed by atoms with van der Waals surface area (Å²) in [6.07, 6.45) is 1.53. The highest BCUT2D eigenvalue weighted by atomic mass is 16.5. The molecule has 3 rings (SSSR count). The number of rotatable bonds is 7. The lowest BCUT2D eigenvalue weighted by molar-refractivity contribution is -0.122. The van der Waals surface area contributed by atoms with Crippen LogP contribution in [0.25, 0.3) is 6.08 Å². The quantitative estimate of drug-likeness (QED) is 0.542. The van der Waals surface area contributed by atoms with Gasteiger partial charge in [0.05, 0.1) is 12.3 Å². The molecule has 7 heteroatoms. The molecule has 162 valence electrons. The first kappa shape index (κ1) is 22.1. The second kappa shape index (κ2) is 9.47. The summed E-state index contributed by atoms with van der Waals surface area (Å²) in [6.45, 7) is 10.2. The average Bonchev–Trinajstić information content (AvgIpc) is 2.73. The van der Waals surface area contributed by atoms with E-state index in [0.29, 0.717) is 18.0 Å². The Kier molecular flexibility index (Phi) is 6.74. The van der Waals surface area contributed by atoms with Gasteiger partial charge < -0.3 is 9.64 Å². The number of amides is 4. The molecule has 1 aliphatic rings. The van der Waals surface area contributed by atoms with Gasteiger partial charge in [0.2, 0.25) is 0 Å². The van der Waals surface area contributed by atoms with E-state index in [1.54, 1.807) is 24.3 Å². The van der Waals surface area contributed by atoms with Gasteiger partial charge in [-0.15, -0.1) is 0 Å². The van der Waals surface area contributed by atoms with E-state index >= 15 is 0 Å². The largest absolute Gasteiger partial charge is 0.494 e. The number of carbonyl (C=O) groups is 3. The van der Waals surface area contributed by atoms with E-state index in [1.807, 2.05) is 32.0 Å². The van der Waals surface area contributed by atoms with Crippen molar-refractivity contribution >= 4 is 35.3 Å². The molecule has 7 nitrogen and oxygen atoms in total. The Morgan fingerprint density at radius 2 is 1.77 bits per heavy atom. The minimum atomic E-state index is -0.783. The van der Waals surface area contributed by atoms with Crippen LogP contribution in [0.5, 0.6) is 5.75 Å². The van der Waals surface area contributed by atoms with Crippen molar-refractivity contribution in [1.82, 2.24) is 5.32 Å². The first-order valence-electron chi connectivity index (χ1n) is 10.4. The van der Waals surface area contributed by atoms with Gasteiger partial charge in [0.25, 0.3) is 11.8 Å². The fraction of sp³-hybridized carbons (Fsp3) is 0.292. The number of carbonyl (C=O) groups excluding carboxylic acids is 3. The van der Waals surface area contributed by atoms with Gasteiger partial charge in [-0.25, -0.2) is 9.69 Å². The Morgan fingerprint density at radius 3 is 2.42 bits per heavy atom. The van der Waals surface area contributed by atoms with Crippen LogP contribution >= 0.6 is 0 Å². The van der Waals surface area contributed by atoms with Crippen LogP contribution in [0.4, 0.5) is 16.2 Å². The van der Waals surface area contributed by atoms with Crippen LogP contribution in [0.15, 0.2) is 48.0 Å². The Balaban J connectivity index is 1.97. The Bertz CT molecular complexity index is 1040. The highest BCUT2D eigenvalue weighted by molar-refractivity contribution is 6.39. The van der Waals surface area contributed by atoms with Crippen molar-refractivity contribution in [3.63, 3.8) is 0 Å². The summed E-state index contributed by atoms with van der Waals surface area (Å²) >= 11 is 0.